The Morgan fingerprint density at radius 3 is 2.58 bits per heavy atom. The van der Waals surface area contributed by atoms with Gasteiger partial charge in [0.25, 0.3) is 5.91 Å². The number of carbonyl (C=O) groups excluding carboxylic acids is 2. The standard InChI is InChI=1S/C28H38N4O4/c1-19-15-32(16-21-10-12-29-13-11-21)20(2)18-36-25-9-8-23(30-27(33)22-6-5-7-22)14-24(25)28(34)31(3)17-26(19)35-4/h8-14,19-20,22,26H,5-7,15-18H2,1-4H3,(H,30,33)/t19-,20-,26-/m0/s1. The molecule has 0 radical (unpaired) electrons. The summed E-state index contributed by atoms with van der Waals surface area (Å²) < 4.78 is 12.1. The molecule has 8 heteroatoms. The predicted octanol–water partition coefficient (Wildman–Crippen LogP) is 3.83. The molecule has 1 fully saturated rings. The minimum Gasteiger partial charge on any atom is -0.491 e. The number of nitrogens with one attached hydrogen (secondary N) is 1. The Morgan fingerprint density at radius 1 is 1.17 bits per heavy atom. The van der Waals surface area contributed by atoms with Gasteiger partial charge >= 0.3 is 0 Å². The molecule has 2 aromatic rings. The van der Waals surface area contributed by atoms with Gasteiger partial charge in [-0.1, -0.05) is 13.3 Å². The number of nitrogens with zero attached hydrogens (tertiary/aromatic N) is 3. The molecule has 2 heterocycles. The van der Waals surface area contributed by atoms with Gasteiger partial charge in [-0.15, -0.1) is 0 Å². The van der Waals surface area contributed by atoms with Gasteiger partial charge < -0.3 is 19.7 Å². The highest BCUT2D eigenvalue weighted by Crippen LogP contribution is 2.30. The number of likely N-dealkylation sites (N-methyl/N-ethyl adjacent to an activating group) is 1. The Kier molecular flexibility index (Phi) is 8.59. The number of hydrogen-bond donors (Lipinski definition) is 1. The van der Waals surface area contributed by atoms with Gasteiger partial charge in [-0.25, -0.2) is 0 Å². The average Bonchev–Trinajstić information content (AvgIpc) is 2.84. The first-order valence-electron chi connectivity index (χ1n) is 12.8. The van der Waals surface area contributed by atoms with E-state index in [-0.39, 0.29) is 35.8 Å². The molecule has 0 unspecified atom stereocenters. The minimum atomic E-state index is -0.152. The molecule has 1 aromatic carbocycles. The second-order valence-electron chi connectivity index (χ2n) is 10.2. The van der Waals surface area contributed by atoms with Crippen LogP contribution < -0.4 is 10.1 Å². The van der Waals surface area contributed by atoms with Crippen LogP contribution in [0.1, 0.15) is 49.0 Å². The Balaban J connectivity index is 1.60. The number of amides is 2. The van der Waals surface area contributed by atoms with E-state index in [0.29, 0.717) is 30.2 Å². The second kappa shape index (κ2) is 11.8. The number of rotatable bonds is 5. The number of anilines is 1. The molecule has 1 saturated carbocycles. The van der Waals surface area contributed by atoms with Crippen LogP contribution in [0.25, 0.3) is 0 Å². The van der Waals surface area contributed by atoms with Crippen LogP contribution in [0.2, 0.25) is 0 Å². The molecule has 0 saturated heterocycles. The molecule has 36 heavy (non-hydrogen) atoms. The quantitative estimate of drug-likeness (QED) is 0.680. The lowest BCUT2D eigenvalue weighted by molar-refractivity contribution is -0.122. The molecule has 2 amide bonds. The first-order chi connectivity index (χ1) is 17.4. The van der Waals surface area contributed by atoms with E-state index in [1.54, 1.807) is 31.2 Å². The summed E-state index contributed by atoms with van der Waals surface area (Å²) in [5.41, 5.74) is 2.25. The summed E-state index contributed by atoms with van der Waals surface area (Å²) in [4.78, 5) is 34.2. The van der Waals surface area contributed by atoms with Crippen molar-refractivity contribution in [2.75, 3.05) is 39.2 Å². The fraction of sp³-hybridized carbons (Fsp3) is 0.536. The van der Waals surface area contributed by atoms with Crippen LogP contribution in [-0.4, -0.2) is 72.6 Å². The number of fused-ring (bicyclic) bond motifs is 1. The zero-order valence-electron chi connectivity index (χ0n) is 21.8. The van der Waals surface area contributed by atoms with Crippen LogP contribution in [0.15, 0.2) is 42.7 Å². The van der Waals surface area contributed by atoms with Crippen LogP contribution in [0, 0.1) is 11.8 Å². The van der Waals surface area contributed by atoms with E-state index in [9.17, 15) is 9.59 Å². The van der Waals surface area contributed by atoms with Gasteiger partial charge in [-0.2, -0.15) is 0 Å². The lowest BCUT2D eigenvalue weighted by Crippen LogP contribution is -2.46. The molecule has 194 valence electrons. The van der Waals surface area contributed by atoms with E-state index in [1.165, 1.54) is 5.56 Å². The maximum Gasteiger partial charge on any atom is 0.257 e. The zero-order valence-corrected chi connectivity index (χ0v) is 21.8. The predicted molar refractivity (Wildman–Crippen MR) is 139 cm³/mol. The zero-order chi connectivity index (χ0) is 25.7. The third kappa shape index (κ3) is 6.23. The molecule has 4 rings (SSSR count). The maximum atomic E-state index is 13.5. The molecule has 0 bridgehead atoms. The molecule has 1 aliphatic carbocycles. The molecule has 1 N–H and O–H groups in total. The van der Waals surface area contributed by atoms with Crippen molar-refractivity contribution in [3.8, 4) is 5.75 Å². The van der Waals surface area contributed by atoms with Crippen molar-refractivity contribution >= 4 is 17.5 Å². The molecule has 8 nitrogen and oxygen atoms in total. The summed E-state index contributed by atoms with van der Waals surface area (Å²) in [5.74, 6) is 0.635. The number of aromatic nitrogens is 1. The lowest BCUT2D eigenvalue weighted by Gasteiger charge is -2.36. The highest BCUT2D eigenvalue weighted by atomic mass is 16.5. The van der Waals surface area contributed by atoms with Crippen LogP contribution in [0.3, 0.4) is 0 Å². The number of benzene rings is 1. The van der Waals surface area contributed by atoms with E-state index in [0.717, 1.165) is 32.4 Å². The molecule has 3 atom stereocenters. The van der Waals surface area contributed by atoms with Crippen LogP contribution in [-0.2, 0) is 16.1 Å². The average molecular weight is 495 g/mol. The molecule has 2 aliphatic rings. The number of carbonyl (C=O) groups is 2. The Morgan fingerprint density at radius 2 is 1.92 bits per heavy atom. The van der Waals surface area contributed by atoms with E-state index >= 15 is 0 Å². The van der Waals surface area contributed by atoms with Crippen LogP contribution >= 0.6 is 0 Å². The van der Waals surface area contributed by atoms with Gasteiger partial charge in [0, 0.05) is 63.8 Å². The monoisotopic (exact) mass is 494 g/mol. The third-order valence-electron chi connectivity index (χ3n) is 7.45. The van der Waals surface area contributed by atoms with Gasteiger partial charge in [0.2, 0.25) is 5.91 Å². The van der Waals surface area contributed by atoms with E-state index < -0.39 is 0 Å². The third-order valence-corrected chi connectivity index (χ3v) is 7.45. The molecule has 1 aliphatic heterocycles. The number of hydrogen-bond acceptors (Lipinski definition) is 6. The highest BCUT2D eigenvalue weighted by Gasteiger charge is 2.29. The summed E-state index contributed by atoms with van der Waals surface area (Å²) in [6.45, 7) is 6.74. The summed E-state index contributed by atoms with van der Waals surface area (Å²) >= 11 is 0. The number of pyridine rings is 1. The molecular formula is C28H38N4O4. The van der Waals surface area contributed by atoms with Gasteiger partial charge in [-0.05, 0) is 61.6 Å². The number of ether oxygens (including phenoxy) is 2. The smallest absolute Gasteiger partial charge is 0.257 e. The van der Waals surface area contributed by atoms with Crippen molar-refractivity contribution in [2.24, 2.45) is 11.8 Å². The Labute approximate surface area is 214 Å². The fourth-order valence-corrected chi connectivity index (χ4v) is 4.79. The topological polar surface area (TPSA) is 84.0 Å². The van der Waals surface area contributed by atoms with E-state index in [1.807, 2.05) is 30.6 Å². The fourth-order valence-electron chi connectivity index (χ4n) is 4.79. The van der Waals surface area contributed by atoms with Crippen molar-refractivity contribution in [2.45, 2.75) is 51.8 Å². The Hall–Kier alpha value is -2.97. The van der Waals surface area contributed by atoms with Gasteiger partial charge in [-0.3, -0.25) is 19.5 Å². The van der Waals surface area contributed by atoms with Crippen LogP contribution in [0.4, 0.5) is 5.69 Å². The number of methoxy groups -OCH3 is 1. The van der Waals surface area contributed by atoms with E-state index in [2.05, 4.69) is 29.0 Å². The highest BCUT2D eigenvalue weighted by molar-refractivity contribution is 6.00. The SMILES string of the molecule is CO[C@H]1CN(C)C(=O)c2cc(NC(=O)C3CCC3)ccc2OC[C@H](C)N(Cc2ccncc2)C[C@@H]1C. The van der Waals surface area contributed by atoms with Crippen molar-refractivity contribution in [1.29, 1.82) is 0 Å². The summed E-state index contributed by atoms with van der Waals surface area (Å²) in [7, 11) is 3.49. The second-order valence-corrected chi connectivity index (χ2v) is 10.2. The van der Waals surface area contributed by atoms with Crippen molar-refractivity contribution in [3.63, 3.8) is 0 Å². The maximum absolute atomic E-state index is 13.5. The van der Waals surface area contributed by atoms with Gasteiger partial charge in [0.1, 0.15) is 12.4 Å². The largest absolute Gasteiger partial charge is 0.491 e. The summed E-state index contributed by atoms with van der Waals surface area (Å²) in [6.07, 6.45) is 6.43. The molecular weight excluding hydrogens is 456 g/mol. The molecule has 0 spiro atoms. The van der Waals surface area contributed by atoms with Gasteiger partial charge in [0.15, 0.2) is 0 Å². The van der Waals surface area contributed by atoms with Crippen molar-refractivity contribution < 1.29 is 19.1 Å². The molecule has 1 aromatic heterocycles. The normalized spacial score (nSPS) is 24.1. The first-order valence-corrected chi connectivity index (χ1v) is 12.8. The summed E-state index contributed by atoms with van der Waals surface area (Å²) in [5, 5.41) is 2.98. The van der Waals surface area contributed by atoms with Crippen LogP contribution in [0.5, 0.6) is 5.75 Å². The van der Waals surface area contributed by atoms with Crippen molar-refractivity contribution in [3.05, 3.63) is 53.9 Å². The minimum absolute atomic E-state index is 0.0183. The van der Waals surface area contributed by atoms with Crippen molar-refractivity contribution in [1.82, 2.24) is 14.8 Å². The summed E-state index contributed by atoms with van der Waals surface area (Å²) in [6, 6.07) is 9.50. The first kappa shape index (κ1) is 26.1. The lowest BCUT2D eigenvalue weighted by atomic mass is 9.85. The van der Waals surface area contributed by atoms with Gasteiger partial charge in [0.05, 0.1) is 11.7 Å². The Bertz CT molecular complexity index is 1040. The van der Waals surface area contributed by atoms with E-state index in [4.69, 9.17) is 9.47 Å².